The van der Waals surface area contributed by atoms with Crippen LogP contribution >= 0.6 is 0 Å². The first kappa shape index (κ1) is 20.9. The molecule has 2 aliphatic rings. The average Bonchev–Trinajstić information content (AvgIpc) is 2.94. The van der Waals surface area contributed by atoms with Crippen molar-refractivity contribution in [1.29, 1.82) is 5.26 Å². The number of amides is 1. The number of benzene rings is 2. The van der Waals surface area contributed by atoms with Gasteiger partial charge in [-0.2, -0.15) is 18.4 Å². The molecule has 1 saturated carbocycles. The minimum atomic E-state index is -4.71. The molecule has 0 unspecified atom stereocenters. The fourth-order valence-corrected chi connectivity index (χ4v) is 4.35. The van der Waals surface area contributed by atoms with E-state index in [2.05, 4.69) is 11.9 Å². The molecule has 2 aromatic rings. The summed E-state index contributed by atoms with van der Waals surface area (Å²) in [4.78, 5) is 16.5. The second kappa shape index (κ2) is 7.43. The van der Waals surface area contributed by atoms with Gasteiger partial charge in [-0.25, -0.2) is 0 Å². The van der Waals surface area contributed by atoms with Crippen molar-refractivity contribution in [2.75, 3.05) is 16.8 Å². The summed E-state index contributed by atoms with van der Waals surface area (Å²) in [6.07, 6.45) is -2.66. The van der Waals surface area contributed by atoms with Gasteiger partial charge in [0.05, 0.1) is 22.9 Å². The number of nitriles is 1. The molecular formula is C23H21F3N4O. The van der Waals surface area contributed by atoms with Crippen LogP contribution in [0, 0.1) is 11.3 Å². The molecule has 8 heteroatoms. The Balaban J connectivity index is 1.77. The molecule has 1 aliphatic heterocycles. The van der Waals surface area contributed by atoms with Crippen molar-refractivity contribution in [3.63, 3.8) is 0 Å². The zero-order chi connectivity index (χ0) is 22.4. The van der Waals surface area contributed by atoms with Crippen molar-refractivity contribution in [3.05, 3.63) is 71.6 Å². The maximum Gasteiger partial charge on any atom is 0.417 e. The van der Waals surface area contributed by atoms with Crippen LogP contribution in [0.2, 0.25) is 0 Å². The highest BCUT2D eigenvalue weighted by molar-refractivity contribution is 6.10. The summed E-state index contributed by atoms with van der Waals surface area (Å²) in [7, 11) is 1.85. The first-order valence-electron chi connectivity index (χ1n) is 9.91. The standard InChI is InChI=1S/C23H21F3N4O/c1-15-29(19-9-6-17(13-27)20(12-19)23(24,25)26)21(31)22(10-3-11-22)30(15)18-7-4-16(5-8-18)14-28-2/h4-9,12,28H,1,3,10-11,14H2,2H3. The third-order valence-electron chi connectivity index (χ3n) is 5.99. The van der Waals surface area contributed by atoms with Crippen LogP contribution in [0.25, 0.3) is 0 Å². The largest absolute Gasteiger partial charge is 0.417 e. The lowest BCUT2D eigenvalue weighted by Gasteiger charge is -2.43. The Kier molecular flexibility index (Phi) is 5.02. The van der Waals surface area contributed by atoms with E-state index in [1.165, 1.54) is 11.0 Å². The summed E-state index contributed by atoms with van der Waals surface area (Å²) < 4.78 is 40.4. The van der Waals surface area contributed by atoms with E-state index in [0.717, 1.165) is 29.8 Å². The molecule has 0 atom stereocenters. The van der Waals surface area contributed by atoms with E-state index in [0.29, 0.717) is 25.2 Å². The van der Waals surface area contributed by atoms with Gasteiger partial charge in [0, 0.05) is 12.2 Å². The molecule has 1 amide bonds. The summed E-state index contributed by atoms with van der Waals surface area (Å²) >= 11 is 0. The first-order chi connectivity index (χ1) is 14.7. The van der Waals surface area contributed by atoms with E-state index >= 15 is 0 Å². The normalized spacial score (nSPS) is 17.8. The Bertz CT molecular complexity index is 1080. The number of anilines is 2. The van der Waals surface area contributed by atoms with Crippen LogP contribution in [0.4, 0.5) is 24.5 Å². The second-order valence-electron chi connectivity index (χ2n) is 7.81. The Morgan fingerprint density at radius 3 is 2.32 bits per heavy atom. The zero-order valence-electron chi connectivity index (χ0n) is 17.0. The second-order valence-corrected chi connectivity index (χ2v) is 7.81. The number of hydrogen-bond donors (Lipinski definition) is 1. The fourth-order valence-electron chi connectivity index (χ4n) is 4.35. The van der Waals surface area contributed by atoms with Crippen molar-refractivity contribution in [2.24, 2.45) is 0 Å². The molecule has 1 heterocycles. The third-order valence-corrected chi connectivity index (χ3v) is 5.99. The summed E-state index contributed by atoms with van der Waals surface area (Å²) in [5, 5.41) is 12.1. The number of halogens is 3. The quantitative estimate of drug-likeness (QED) is 0.780. The zero-order valence-corrected chi connectivity index (χ0v) is 17.0. The van der Waals surface area contributed by atoms with Gasteiger partial charge in [-0.05, 0) is 62.2 Å². The van der Waals surface area contributed by atoms with Crippen molar-refractivity contribution >= 4 is 17.3 Å². The van der Waals surface area contributed by atoms with E-state index in [9.17, 15) is 18.0 Å². The van der Waals surface area contributed by atoms with Gasteiger partial charge in [-0.3, -0.25) is 9.69 Å². The highest BCUT2D eigenvalue weighted by atomic mass is 19.4. The number of nitrogens with one attached hydrogen (secondary N) is 1. The molecule has 2 fully saturated rings. The smallest absolute Gasteiger partial charge is 0.316 e. The Hall–Kier alpha value is -3.31. The molecule has 1 aliphatic carbocycles. The van der Waals surface area contributed by atoms with E-state index < -0.39 is 22.8 Å². The minimum absolute atomic E-state index is 0.0573. The van der Waals surface area contributed by atoms with Crippen molar-refractivity contribution < 1.29 is 18.0 Å². The van der Waals surface area contributed by atoms with Crippen LogP contribution in [0.5, 0.6) is 0 Å². The van der Waals surface area contributed by atoms with Gasteiger partial charge < -0.3 is 10.2 Å². The van der Waals surface area contributed by atoms with E-state index in [4.69, 9.17) is 5.26 Å². The Morgan fingerprint density at radius 1 is 1.16 bits per heavy atom. The number of carbonyl (C=O) groups excluding carboxylic acids is 1. The van der Waals surface area contributed by atoms with Crippen molar-refractivity contribution in [3.8, 4) is 6.07 Å². The minimum Gasteiger partial charge on any atom is -0.316 e. The van der Waals surface area contributed by atoms with Crippen molar-refractivity contribution in [2.45, 2.75) is 37.5 Å². The molecule has 0 bridgehead atoms. The number of rotatable bonds is 4. The van der Waals surface area contributed by atoms with E-state index in [-0.39, 0.29) is 11.6 Å². The van der Waals surface area contributed by atoms with Gasteiger partial charge in [0.25, 0.3) is 5.91 Å². The maximum atomic E-state index is 13.5. The highest BCUT2D eigenvalue weighted by Gasteiger charge is 2.58. The molecule has 31 heavy (non-hydrogen) atoms. The van der Waals surface area contributed by atoms with Crippen LogP contribution in [-0.4, -0.2) is 18.5 Å². The highest BCUT2D eigenvalue weighted by Crippen LogP contribution is 2.50. The van der Waals surface area contributed by atoms with Gasteiger partial charge in [-0.1, -0.05) is 18.7 Å². The summed E-state index contributed by atoms with van der Waals surface area (Å²) in [5.41, 5.74) is -0.487. The van der Waals surface area contributed by atoms with Gasteiger partial charge in [0.1, 0.15) is 11.4 Å². The Morgan fingerprint density at radius 2 is 1.81 bits per heavy atom. The van der Waals surface area contributed by atoms with Gasteiger partial charge in [0.2, 0.25) is 0 Å². The molecule has 1 N–H and O–H groups in total. The van der Waals surface area contributed by atoms with Crippen LogP contribution in [0.3, 0.4) is 0 Å². The van der Waals surface area contributed by atoms with Gasteiger partial charge >= 0.3 is 6.18 Å². The van der Waals surface area contributed by atoms with Crippen LogP contribution in [-0.2, 0) is 17.5 Å². The molecular weight excluding hydrogens is 405 g/mol. The van der Waals surface area contributed by atoms with E-state index in [1.54, 1.807) is 6.07 Å². The van der Waals surface area contributed by atoms with Crippen LogP contribution in [0.15, 0.2) is 54.9 Å². The fraction of sp³-hybridized carbons (Fsp3) is 0.304. The monoisotopic (exact) mass is 426 g/mol. The number of hydrogen-bond acceptors (Lipinski definition) is 4. The number of nitrogens with zero attached hydrogens (tertiary/aromatic N) is 3. The number of carbonyl (C=O) groups is 1. The summed E-state index contributed by atoms with van der Waals surface area (Å²) in [6.45, 7) is 4.76. The van der Waals surface area contributed by atoms with Crippen LogP contribution < -0.4 is 15.1 Å². The molecule has 0 radical (unpaired) electrons. The predicted octanol–water partition coefficient (Wildman–Crippen LogP) is 4.54. The lowest BCUT2D eigenvalue weighted by molar-refractivity contribution is -0.137. The molecule has 160 valence electrons. The lowest BCUT2D eigenvalue weighted by atomic mass is 9.75. The Labute approximate surface area is 178 Å². The first-order valence-corrected chi connectivity index (χ1v) is 9.91. The summed E-state index contributed by atoms with van der Waals surface area (Å²) in [5.74, 6) is 0.0183. The molecule has 0 aromatic heterocycles. The van der Waals surface area contributed by atoms with E-state index in [1.807, 2.05) is 36.2 Å². The number of alkyl halides is 3. The third kappa shape index (κ3) is 3.26. The predicted molar refractivity (Wildman–Crippen MR) is 111 cm³/mol. The molecule has 1 saturated heterocycles. The van der Waals surface area contributed by atoms with Gasteiger partial charge in [0.15, 0.2) is 0 Å². The summed E-state index contributed by atoms with van der Waals surface area (Å²) in [6, 6.07) is 12.6. The topological polar surface area (TPSA) is 59.4 Å². The van der Waals surface area contributed by atoms with Crippen molar-refractivity contribution in [1.82, 2.24) is 5.32 Å². The maximum absolute atomic E-state index is 13.5. The van der Waals surface area contributed by atoms with Gasteiger partial charge in [-0.15, -0.1) is 0 Å². The molecule has 2 aromatic carbocycles. The molecule has 4 rings (SSSR count). The molecule has 5 nitrogen and oxygen atoms in total. The SMILES string of the molecule is C=C1N(c2ccc(C#N)c(C(F)(F)F)c2)C(=O)C2(CCC2)N1c1ccc(CNC)cc1. The lowest BCUT2D eigenvalue weighted by Crippen LogP contribution is -2.54. The average molecular weight is 426 g/mol. The molecule has 1 spiro atoms. The van der Waals surface area contributed by atoms with Crippen LogP contribution in [0.1, 0.15) is 36.0 Å².